The van der Waals surface area contributed by atoms with Crippen molar-refractivity contribution in [3.8, 4) is 0 Å². The number of nitrogens with one attached hydrogen (secondary N) is 1. The van der Waals surface area contributed by atoms with E-state index >= 15 is 0 Å². The fourth-order valence-corrected chi connectivity index (χ4v) is 2.35. The van der Waals surface area contributed by atoms with Gasteiger partial charge in [-0.1, -0.05) is 36.8 Å². The van der Waals surface area contributed by atoms with Crippen molar-refractivity contribution in [3.05, 3.63) is 35.9 Å². The normalized spacial score (nSPS) is 21.8. The molecular weight excluding hydrogens is 226 g/mol. The molecule has 3 heteroatoms. The highest BCUT2D eigenvalue weighted by Crippen LogP contribution is 2.40. The zero-order valence-electron chi connectivity index (χ0n) is 10.6. The standard InChI is InChI=1S/C15H21NO2/c17-15(18)9-5-2-6-10-16-14-11-13(14)12-7-3-1-4-8-12/h1,3-4,7-8,13-14,16H,2,5-6,9-11H2,(H,17,18). The lowest BCUT2D eigenvalue weighted by Crippen LogP contribution is -2.19. The number of benzene rings is 1. The van der Waals surface area contributed by atoms with Crippen LogP contribution in [-0.2, 0) is 4.79 Å². The summed E-state index contributed by atoms with van der Waals surface area (Å²) in [6, 6.07) is 11.3. The van der Waals surface area contributed by atoms with Crippen molar-refractivity contribution in [2.24, 2.45) is 0 Å². The van der Waals surface area contributed by atoms with Crippen LogP contribution in [0, 0.1) is 0 Å². The first-order valence-corrected chi connectivity index (χ1v) is 6.77. The van der Waals surface area contributed by atoms with Gasteiger partial charge in [0.1, 0.15) is 0 Å². The van der Waals surface area contributed by atoms with Gasteiger partial charge in [-0.3, -0.25) is 4.79 Å². The summed E-state index contributed by atoms with van der Waals surface area (Å²) in [6.45, 7) is 1.01. The van der Waals surface area contributed by atoms with Crippen molar-refractivity contribution in [3.63, 3.8) is 0 Å². The third kappa shape index (κ3) is 4.15. The van der Waals surface area contributed by atoms with Gasteiger partial charge in [0.15, 0.2) is 0 Å². The Balaban J connectivity index is 1.53. The van der Waals surface area contributed by atoms with E-state index in [1.807, 2.05) is 0 Å². The summed E-state index contributed by atoms with van der Waals surface area (Å²) in [5.74, 6) is -0.000451. The van der Waals surface area contributed by atoms with Crippen molar-refractivity contribution in [2.75, 3.05) is 6.54 Å². The quantitative estimate of drug-likeness (QED) is 0.694. The highest BCUT2D eigenvalue weighted by Gasteiger charge is 2.37. The number of carboxylic acids is 1. The average molecular weight is 247 g/mol. The fourth-order valence-electron chi connectivity index (χ4n) is 2.35. The molecule has 0 spiro atoms. The molecular formula is C15H21NO2. The number of aliphatic carboxylic acids is 1. The van der Waals surface area contributed by atoms with Crippen LogP contribution in [0.5, 0.6) is 0 Å². The van der Waals surface area contributed by atoms with Gasteiger partial charge in [-0.2, -0.15) is 0 Å². The first kappa shape index (κ1) is 13.1. The minimum absolute atomic E-state index is 0.302. The summed E-state index contributed by atoms with van der Waals surface area (Å²) in [5.41, 5.74) is 1.43. The van der Waals surface area contributed by atoms with E-state index < -0.39 is 5.97 Å². The summed E-state index contributed by atoms with van der Waals surface area (Å²) >= 11 is 0. The molecule has 0 aliphatic heterocycles. The van der Waals surface area contributed by atoms with Gasteiger partial charge >= 0.3 is 5.97 Å². The SMILES string of the molecule is O=C(O)CCCCCNC1CC1c1ccccc1. The lowest BCUT2D eigenvalue weighted by Gasteiger charge is -2.04. The van der Waals surface area contributed by atoms with E-state index in [4.69, 9.17) is 5.11 Å². The van der Waals surface area contributed by atoms with Crippen LogP contribution in [-0.4, -0.2) is 23.7 Å². The lowest BCUT2D eigenvalue weighted by atomic mass is 10.1. The Hall–Kier alpha value is -1.35. The predicted molar refractivity (Wildman–Crippen MR) is 71.7 cm³/mol. The van der Waals surface area contributed by atoms with Crippen LogP contribution in [0.15, 0.2) is 30.3 Å². The first-order valence-electron chi connectivity index (χ1n) is 6.77. The van der Waals surface area contributed by atoms with E-state index in [0.717, 1.165) is 25.8 Å². The smallest absolute Gasteiger partial charge is 0.303 e. The topological polar surface area (TPSA) is 49.3 Å². The number of unbranched alkanes of at least 4 members (excludes halogenated alkanes) is 2. The van der Waals surface area contributed by atoms with Crippen LogP contribution in [0.2, 0.25) is 0 Å². The maximum atomic E-state index is 10.3. The van der Waals surface area contributed by atoms with Gasteiger partial charge in [0.2, 0.25) is 0 Å². The molecule has 1 aromatic rings. The molecule has 1 aromatic carbocycles. The van der Waals surface area contributed by atoms with Crippen LogP contribution in [0.4, 0.5) is 0 Å². The van der Waals surface area contributed by atoms with E-state index in [1.165, 1.54) is 12.0 Å². The molecule has 0 aromatic heterocycles. The highest BCUT2D eigenvalue weighted by atomic mass is 16.4. The molecule has 0 saturated heterocycles. The number of hydrogen-bond acceptors (Lipinski definition) is 2. The zero-order chi connectivity index (χ0) is 12.8. The number of hydrogen-bond donors (Lipinski definition) is 2. The molecule has 2 rings (SSSR count). The van der Waals surface area contributed by atoms with Crippen molar-refractivity contribution < 1.29 is 9.90 Å². The number of rotatable bonds is 8. The second-order valence-electron chi connectivity index (χ2n) is 5.02. The minimum Gasteiger partial charge on any atom is -0.481 e. The molecule has 3 nitrogen and oxygen atoms in total. The van der Waals surface area contributed by atoms with Gasteiger partial charge in [-0.05, 0) is 31.4 Å². The van der Waals surface area contributed by atoms with Gasteiger partial charge < -0.3 is 10.4 Å². The predicted octanol–water partition coefficient (Wildman–Crippen LogP) is 2.78. The highest BCUT2D eigenvalue weighted by molar-refractivity contribution is 5.66. The molecule has 0 radical (unpaired) electrons. The van der Waals surface area contributed by atoms with Gasteiger partial charge in [-0.25, -0.2) is 0 Å². The maximum Gasteiger partial charge on any atom is 0.303 e. The molecule has 2 unspecified atom stereocenters. The fraction of sp³-hybridized carbons (Fsp3) is 0.533. The minimum atomic E-state index is -0.686. The summed E-state index contributed by atoms with van der Waals surface area (Å²) in [7, 11) is 0. The van der Waals surface area contributed by atoms with Gasteiger partial charge in [0.05, 0.1) is 0 Å². The zero-order valence-corrected chi connectivity index (χ0v) is 10.6. The largest absolute Gasteiger partial charge is 0.481 e. The Morgan fingerprint density at radius 3 is 2.72 bits per heavy atom. The molecule has 1 aliphatic rings. The van der Waals surface area contributed by atoms with Crippen molar-refractivity contribution in [1.29, 1.82) is 0 Å². The van der Waals surface area contributed by atoms with Gasteiger partial charge in [0.25, 0.3) is 0 Å². The molecule has 1 saturated carbocycles. The summed E-state index contributed by atoms with van der Waals surface area (Å²) < 4.78 is 0. The summed E-state index contributed by atoms with van der Waals surface area (Å²) in [4.78, 5) is 10.3. The van der Waals surface area contributed by atoms with Crippen molar-refractivity contribution in [2.45, 2.75) is 44.1 Å². The third-order valence-corrected chi connectivity index (χ3v) is 3.49. The van der Waals surface area contributed by atoms with E-state index in [2.05, 4.69) is 35.6 Å². The van der Waals surface area contributed by atoms with Crippen LogP contribution < -0.4 is 5.32 Å². The molecule has 1 fully saturated rings. The van der Waals surface area contributed by atoms with E-state index in [1.54, 1.807) is 0 Å². The van der Waals surface area contributed by atoms with Gasteiger partial charge in [-0.15, -0.1) is 0 Å². The van der Waals surface area contributed by atoms with Crippen LogP contribution in [0.1, 0.15) is 43.6 Å². The number of carboxylic acid groups (broad SMARTS) is 1. The van der Waals surface area contributed by atoms with Crippen LogP contribution >= 0.6 is 0 Å². The molecule has 0 heterocycles. The lowest BCUT2D eigenvalue weighted by molar-refractivity contribution is -0.137. The van der Waals surface area contributed by atoms with Gasteiger partial charge in [0, 0.05) is 18.4 Å². The molecule has 0 bridgehead atoms. The Bertz CT molecular complexity index is 377. The second kappa shape index (κ2) is 6.55. The molecule has 2 N–H and O–H groups in total. The Morgan fingerprint density at radius 2 is 2.00 bits per heavy atom. The maximum absolute atomic E-state index is 10.3. The van der Waals surface area contributed by atoms with Crippen LogP contribution in [0.25, 0.3) is 0 Å². The van der Waals surface area contributed by atoms with E-state index in [-0.39, 0.29) is 0 Å². The second-order valence-corrected chi connectivity index (χ2v) is 5.02. The average Bonchev–Trinajstić information content (AvgIpc) is 3.14. The van der Waals surface area contributed by atoms with E-state index in [9.17, 15) is 4.79 Å². The Morgan fingerprint density at radius 1 is 1.22 bits per heavy atom. The Kier molecular flexibility index (Phi) is 4.76. The molecule has 18 heavy (non-hydrogen) atoms. The summed E-state index contributed by atoms with van der Waals surface area (Å²) in [6.07, 6.45) is 4.41. The number of carbonyl (C=O) groups is 1. The third-order valence-electron chi connectivity index (χ3n) is 3.49. The molecule has 2 atom stereocenters. The molecule has 0 amide bonds. The molecule has 1 aliphatic carbocycles. The van der Waals surface area contributed by atoms with E-state index in [0.29, 0.717) is 18.4 Å². The van der Waals surface area contributed by atoms with Crippen molar-refractivity contribution >= 4 is 5.97 Å². The monoisotopic (exact) mass is 247 g/mol. The first-order chi connectivity index (χ1) is 8.77. The molecule has 98 valence electrons. The summed E-state index contributed by atoms with van der Waals surface area (Å²) in [5, 5.41) is 12.1. The van der Waals surface area contributed by atoms with Crippen molar-refractivity contribution in [1.82, 2.24) is 5.32 Å². The van der Waals surface area contributed by atoms with Crippen LogP contribution in [0.3, 0.4) is 0 Å². The Labute approximate surface area is 108 Å².